The van der Waals surface area contributed by atoms with Crippen LogP contribution in [0.1, 0.15) is 13.8 Å². The molecule has 7 heteroatoms. The van der Waals surface area contributed by atoms with Crippen molar-refractivity contribution >= 4 is 15.9 Å². The highest BCUT2D eigenvalue weighted by Gasteiger charge is 2.19. The molecule has 0 saturated carbocycles. The molecule has 1 aromatic rings. The molecular weight excluding hydrogens is 256 g/mol. The van der Waals surface area contributed by atoms with E-state index in [9.17, 15) is 13.5 Å². The number of methoxy groups -OCH3 is 1. The fourth-order valence-electron chi connectivity index (χ4n) is 1.49. The lowest BCUT2D eigenvalue weighted by atomic mass is 10.3. The minimum atomic E-state index is -3.64. The average molecular weight is 274 g/mol. The zero-order valence-electron chi connectivity index (χ0n) is 10.7. The highest BCUT2D eigenvalue weighted by Crippen LogP contribution is 2.28. The maximum absolute atomic E-state index is 11.9. The van der Waals surface area contributed by atoms with Gasteiger partial charge in [0.1, 0.15) is 11.5 Å². The predicted octanol–water partition coefficient (Wildman–Crippen LogP) is 1.40. The van der Waals surface area contributed by atoms with E-state index in [0.717, 1.165) is 0 Å². The SMILES string of the molecule is CCN(CC)S(=O)(=O)Nc1ccc(OC)cc1O. The Balaban J connectivity index is 2.97. The van der Waals surface area contributed by atoms with Gasteiger partial charge in [0.25, 0.3) is 0 Å². The second-order valence-corrected chi connectivity index (χ2v) is 5.25. The largest absolute Gasteiger partial charge is 0.506 e. The lowest BCUT2D eigenvalue weighted by Crippen LogP contribution is -2.35. The molecule has 1 rings (SSSR count). The van der Waals surface area contributed by atoms with E-state index in [1.807, 2.05) is 0 Å². The maximum atomic E-state index is 11.9. The van der Waals surface area contributed by atoms with Gasteiger partial charge in [0.05, 0.1) is 12.8 Å². The minimum absolute atomic E-state index is 0.128. The standard InChI is InChI=1S/C11H18N2O4S/c1-4-13(5-2)18(15,16)12-10-7-6-9(17-3)8-11(10)14/h6-8,12,14H,4-5H2,1-3H3. The topological polar surface area (TPSA) is 78.9 Å². The third-order valence-electron chi connectivity index (χ3n) is 2.49. The Kier molecular flexibility index (Phi) is 4.80. The van der Waals surface area contributed by atoms with E-state index in [1.54, 1.807) is 19.9 Å². The molecule has 0 aliphatic heterocycles. The van der Waals surface area contributed by atoms with Crippen LogP contribution in [0.5, 0.6) is 11.5 Å². The molecule has 0 atom stereocenters. The number of hydrogen-bond acceptors (Lipinski definition) is 4. The van der Waals surface area contributed by atoms with Gasteiger partial charge in [-0.1, -0.05) is 13.8 Å². The second-order valence-electron chi connectivity index (χ2n) is 3.57. The van der Waals surface area contributed by atoms with Crippen LogP contribution < -0.4 is 9.46 Å². The maximum Gasteiger partial charge on any atom is 0.301 e. The Labute approximate surface area is 107 Å². The Morgan fingerprint density at radius 3 is 2.39 bits per heavy atom. The first-order valence-electron chi connectivity index (χ1n) is 5.59. The summed E-state index contributed by atoms with van der Waals surface area (Å²) >= 11 is 0. The predicted molar refractivity (Wildman–Crippen MR) is 70.1 cm³/mol. The number of rotatable bonds is 6. The summed E-state index contributed by atoms with van der Waals surface area (Å²) < 4.78 is 32.4. The van der Waals surface area contributed by atoms with Gasteiger partial charge in [-0.3, -0.25) is 4.72 Å². The van der Waals surface area contributed by atoms with Crippen molar-refractivity contribution in [2.75, 3.05) is 24.9 Å². The van der Waals surface area contributed by atoms with E-state index in [-0.39, 0.29) is 11.4 Å². The molecule has 0 radical (unpaired) electrons. The summed E-state index contributed by atoms with van der Waals surface area (Å²) in [5.41, 5.74) is 0.128. The van der Waals surface area contributed by atoms with Crippen LogP contribution in [0.25, 0.3) is 0 Å². The number of phenols is 1. The molecule has 0 bridgehead atoms. The first-order chi connectivity index (χ1) is 8.44. The van der Waals surface area contributed by atoms with Gasteiger partial charge in [-0.2, -0.15) is 12.7 Å². The smallest absolute Gasteiger partial charge is 0.301 e. The number of aromatic hydroxyl groups is 1. The van der Waals surface area contributed by atoms with Crippen LogP contribution in [0.3, 0.4) is 0 Å². The highest BCUT2D eigenvalue weighted by atomic mass is 32.2. The third-order valence-corrected chi connectivity index (χ3v) is 4.16. The van der Waals surface area contributed by atoms with Crippen molar-refractivity contribution in [3.05, 3.63) is 18.2 Å². The lowest BCUT2D eigenvalue weighted by Gasteiger charge is -2.19. The number of anilines is 1. The minimum Gasteiger partial charge on any atom is -0.506 e. The van der Waals surface area contributed by atoms with Gasteiger partial charge in [0.15, 0.2) is 0 Å². The highest BCUT2D eigenvalue weighted by molar-refractivity contribution is 7.90. The summed E-state index contributed by atoms with van der Waals surface area (Å²) in [4.78, 5) is 0. The number of hydrogen-bond donors (Lipinski definition) is 2. The lowest BCUT2D eigenvalue weighted by molar-refractivity contribution is 0.408. The Morgan fingerprint density at radius 2 is 1.94 bits per heavy atom. The number of nitrogens with one attached hydrogen (secondary N) is 1. The first-order valence-corrected chi connectivity index (χ1v) is 7.03. The van der Waals surface area contributed by atoms with E-state index in [1.165, 1.54) is 23.5 Å². The summed E-state index contributed by atoms with van der Waals surface area (Å²) in [5, 5.41) is 9.69. The van der Waals surface area contributed by atoms with Crippen molar-refractivity contribution in [3.63, 3.8) is 0 Å². The van der Waals surface area contributed by atoms with Gasteiger partial charge < -0.3 is 9.84 Å². The van der Waals surface area contributed by atoms with Crippen LogP contribution in [0.2, 0.25) is 0 Å². The summed E-state index contributed by atoms with van der Waals surface area (Å²) in [7, 11) is -2.17. The second kappa shape index (κ2) is 5.92. The summed E-state index contributed by atoms with van der Waals surface area (Å²) in [6.45, 7) is 4.22. The van der Waals surface area contributed by atoms with Crippen LogP contribution in [0.4, 0.5) is 5.69 Å². The molecule has 0 heterocycles. The molecule has 2 N–H and O–H groups in total. The van der Waals surface area contributed by atoms with Crippen LogP contribution in [0.15, 0.2) is 18.2 Å². The van der Waals surface area contributed by atoms with E-state index >= 15 is 0 Å². The molecule has 0 spiro atoms. The molecule has 0 amide bonds. The summed E-state index contributed by atoms with van der Waals surface area (Å²) in [5.74, 6) is 0.281. The van der Waals surface area contributed by atoms with Gasteiger partial charge in [0.2, 0.25) is 0 Å². The van der Waals surface area contributed by atoms with E-state index in [0.29, 0.717) is 18.8 Å². The van der Waals surface area contributed by atoms with E-state index in [4.69, 9.17) is 4.74 Å². The van der Waals surface area contributed by atoms with Crippen LogP contribution in [-0.2, 0) is 10.2 Å². The van der Waals surface area contributed by atoms with Gasteiger partial charge >= 0.3 is 10.2 Å². The average Bonchev–Trinajstić information content (AvgIpc) is 2.32. The van der Waals surface area contributed by atoms with Crippen LogP contribution in [-0.4, -0.2) is 38.0 Å². The molecule has 0 fully saturated rings. The Morgan fingerprint density at radius 1 is 1.33 bits per heavy atom. The first kappa shape index (κ1) is 14.6. The molecular formula is C11H18N2O4S. The molecule has 6 nitrogen and oxygen atoms in total. The fraction of sp³-hybridized carbons (Fsp3) is 0.455. The molecule has 18 heavy (non-hydrogen) atoms. The molecule has 0 unspecified atom stereocenters. The molecule has 0 aliphatic rings. The normalized spacial score (nSPS) is 11.6. The molecule has 0 aromatic heterocycles. The van der Waals surface area contributed by atoms with Crippen molar-refractivity contribution in [1.29, 1.82) is 0 Å². The third kappa shape index (κ3) is 3.27. The Hall–Kier alpha value is -1.47. The van der Waals surface area contributed by atoms with Gasteiger partial charge in [-0.25, -0.2) is 0 Å². The van der Waals surface area contributed by atoms with Crippen LogP contribution >= 0.6 is 0 Å². The van der Waals surface area contributed by atoms with Crippen molar-refractivity contribution in [2.24, 2.45) is 0 Å². The monoisotopic (exact) mass is 274 g/mol. The quantitative estimate of drug-likeness (QED) is 0.769. The molecule has 102 valence electrons. The summed E-state index contributed by atoms with van der Waals surface area (Å²) in [6, 6.07) is 4.37. The van der Waals surface area contributed by atoms with E-state index in [2.05, 4.69) is 4.72 Å². The van der Waals surface area contributed by atoms with Crippen molar-refractivity contribution in [3.8, 4) is 11.5 Å². The van der Waals surface area contributed by atoms with Crippen molar-refractivity contribution in [2.45, 2.75) is 13.8 Å². The van der Waals surface area contributed by atoms with Crippen molar-refractivity contribution < 1.29 is 18.3 Å². The van der Waals surface area contributed by atoms with Gasteiger partial charge in [-0.15, -0.1) is 0 Å². The molecule has 1 aromatic carbocycles. The molecule has 0 aliphatic carbocycles. The fourth-order valence-corrected chi connectivity index (χ4v) is 2.75. The van der Waals surface area contributed by atoms with E-state index < -0.39 is 10.2 Å². The number of benzene rings is 1. The zero-order chi connectivity index (χ0) is 13.8. The van der Waals surface area contributed by atoms with Crippen molar-refractivity contribution in [1.82, 2.24) is 4.31 Å². The van der Waals surface area contributed by atoms with Crippen LogP contribution in [0, 0.1) is 0 Å². The summed E-state index contributed by atoms with van der Waals surface area (Å²) in [6.07, 6.45) is 0. The molecule has 0 saturated heterocycles. The van der Waals surface area contributed by atoms with Gasteiger partial charge in [-0.05, 0) is 12.1 Å². The number of ether oxygens (including phenoxy) is 1. The number of phenolic OH excluding ortho intramolecular Hbond substituents is 1. The zero-order valence-corrected chi connectivity index (χ0v) is 11.5. The number of nitrogens with zero attached hydrogens (tertiary/aromatic N) is 1. The Bertz CT molecular complexity index is 498. The van der Waals surface area contributed by atoms with Gasteiger partial charge in [0, 0.05) is 19.2 Å².